The maximum atomic E-state index is 11.4. The number of urea groups is 1. The van der Waals surface area contributed by atoms with Crippen molar-refractivity contribution >= 4 is 17.9 Å². The van der Waals surface area contributed by atoms with Gasteiger partial charge in [0.05, 0.1) is 0 Å². The number of hydrogen-bond donors (Lipinski definition) is 3. The third-order valence-corrected chi connectivity index (χ3v) is 1.50. The number of hydrogen-bond acceptors (Lipinski definition) is 3. The highest BCUT2D eigenvalue weighted by atomic mass is 16.4. The van der Waals surface area contributed by atoms with Crippen LogP contribution in [0.4, 0.5) is 4.79 Å². The highest BCUT2D eigenvalue weighted by Crippen LogP contribution is 1.91. The fourth-order valence-electron chi connectivity index (χ4n) is 0.889. The third kappa shape index (κ3) is 6.41. The van der Waals surface area contributed by atoms with Gasteiger partial charge in [-0.3, -0.25) is 9.59 Å². The van der Waals surface area contributed by atoms with Gasteiger partial charge in [0.1, 0.15) is 13.1 Å². The number of carboxylic acid groups (broad SMARTS) is 1. The van der Waals surface area contributed by atoms with Crippen LogP contribution in [0.25, 0.3) is 0 Å². The summed E-state index contributed by atoms with van der Waals surface area (Å²) in [6, 6.07) is -0.663. The summed E-state index contributed by atoms with van der Waals surface area (Å²) in [6.45, 7) is 4.47. The fraction of sp³-hybridized carbons (Fsp3) is 0.444. The van der Waals surface area contributed by atoms with Crippen LogP contribution < -0.4 is 11.1 Å². The molecular formula is C9H15N3O4. The summed E-state index contributed by atoms with van der Waals surface area (Å²) in [5, 5.41) is 10.9. The number of primary amides is 1. The molecule has 0 aromatic heterocycles. The van der Waals surface area contributed by atoms with Crippen molar-refractivity contribution < 1.29 is 19.5 Å². The van der Waals surface area contributed by atoms with E-state index in [9.17, 15) is 14.4 Å². The van der Waals surface area contributed by atoms with Crippen LogP contribution in [-0.2, 0) is 9.59 Å². The number of carbonyl (C=O) groups is 3. The van der Waals surface area contributed by atoms with Crippen molar-refractivity contribution in [3.8, 4) is 0 Å². The maximum Gasteiger partial charge on any atom is 0.323 e. The van der Waals surface area contributed by atoms with Gasteiger partial charge in [0, 0.05) is 6.54 Å². The van der Waals surface area contributed by atoms with E-state index < -0.39 is 31.0 Å². The Labute approximate surface area is 92.9 Å². The van der Waals surface area contributed by atoms with Gasteiger partial charge in [0.25, 0.3) is 0 Å². The largest absolute Gasteiger partial charge is 0.480 e. The Morgan fingerprint density at radius 2 is 1.94 bits per heavy atom. The topological polar surface area (TPSA) is 113 Å². The number of nitrogens with one attached hydrogen (secondary N) is 1. The van der Waals surface area contributed by atoms with E-state index in [4.69, 9.17) is 10.8 Å². The molecule has 7 heteroatoms. The minimum absolute atomic E-state index is 0.216. The first-order chi connectivity index (χ1) is 7.32. The molecule has 16 heavy (non-hydrogen) atoms. The van der Waals surface area contributed by atoms with E-state index in [1.165, 1.54) is 0 Å². The molecule has 0 aliphatic heterocycles. The molecule has 0 rings (SSSR count). The van der Waals surface area contributed by atoms with Crippen LogP contribution in [0.3, 0.4) is 0 Å². The van der Waals surface area contributed by atoms with Crippen LogP contribution in [-0.4, -0.2) is 47.5 Å². The average molecular weight is 229 g/mol. The van der Waals surface area contributed by atoms with Crippen LogP contribution >= 0.6 is 0 Å². The van der Waals surface area contributed by atoms with Crippen LogP contribution in [0.5, 0.6) is 0 Å². The zero-order chi connectivity index (χ0) is 12.7. The number of nitrogens with zero attached hydrogens (tertiary/aromatic N) is 1. The van der Waals surface area contributed by atoms with Crippen molar-refractivity contribution in [2.24, 2.45) is 5.73 Å². The molecule has 0 saturated carbocycles. The molecule has 0 atom stereocenters. The Kier molecular flexibility index (Phi) is 5.61. The zero-order valence-corrected chi connectivity index (χ0v) is 9.02. The van der Waals surface area contributed by atoms with Crippen LogP contribution in [0, 0.1) is 0 Å². The van der Waals surface area contributed by atoms with E-state index in [-0.39, 0.29) is 6.54 Å². The zero-order valence-electron chi connectivity index (χ0n) is 9.02. The van der Waals surface area contributed by atoms with Crippen LogP contribution in [0.15, 0.2) is 12.2 Å². The summed E-state index contributed by atoms with van der Waals surface area (Å²) in [5.41, 5.74) is 5.60. The molecular weight excluding hydrogens is 214 g/mol. The molecule has 0 unspecified atom stereocenters. The van der Waals surface area contributed by atoms with Gasteiger partial charge in [-0.15, -0.1) is 0 Å². The van der Waals surface area contributed by atoms with Crippen LogP contribution in [0.1, 0.15) is 6.92 Å². The van der Waals surface area contributed by atoms with Gasteiger partial charge < -0.3 is 21.1 Å². The molecule has 0 aromatic rings. The van der Waals surface area contributed by atoms with E-state index in [1.807, 2.05) is 0 Å². The van der Waals surface area contributed by atoms with E-state index in [2.05, 4.69) is 11.9 Å². The summed E-state index contributed by atoms with van der Waals surface area (Å²) in [7, 11) is 0. The second kappa shape index (κ2) is 6.44. The Morgan fingerprint density at radius 3 is 2.31 bits per heavy atom. The number of rotatable bonds is 6. The summed E-state index contributed by atoms with van der Waals surface area (Å²) >= 11 is 0. The summed E-state index contributed by atoms with van der Waals surface area (Å²) in [6.07, 6.45) is 0. The predicted octanol–water partition coefficient (Wildman–Crippen LogP) is -0.856. The molecule has 0 heterocycles. The van der Waals surface area contributed by atoms with E-state index in [1.54, 1.807) is 6.92 Å². The van der Waals surface area contributed by atoms with Gasteiger partial charge in [-0.25, -0.2) is 4.79 Å². The van der Waals surface area contributed by atoms with Crippen molar-refractivity contribution in [3.63, 3.8) is 0 Å². The van der Waals surface area contributed by atoms with Gasteiger partial charge in [-0.2, -0.15) is 0 Å². The van der Waals surface area contributed by atoms with E-state index >= 15 is 0 Å². The molecule has 0 aliphatic rings. The molecule has 0 radical (unpaired) electrons. The highest BCUT2D eigenvalue weighted by molar-refractivity contribution is 5.85. The van der Waals surface area contributed by atoms with Crippen molar-refractivity contribution in [3.05, 3.63) is 12.2 Å². The Morgan fingerprint density at radius 1 is 1.38 bits per heavy atom. The van der Waals surface area contributed by atoms with Gasteiger partial charge in [0.15, 0.2) is 0 Å². The smallest absolute Gasteiger partial charge is 0.323 e. The SMILES string of the molecule is C=C(C)CNC(=O)N(CC(N)=O)CC(=O)O. The van der Waals surface area contributed by atoms with Gasteiger partial charge in [-0.1, -0.05) is 12.2 Å². The van der Waals surface area contributed by atoms with Gasteiger partial charge in [-0.05, 0) is 6.92 Å². The quantitative estimate of drug-likeness (QED) is 0.514. The molecule has 7 nitrogen and oxygen atoms in total. The van der Waals surface area contributed by atoms with E-state index in [0.717, 1.165) is 4.90 Å². The molecule has 0 fully saturated rings. The first kappa shape index (κ1) is 13.9. The molecule has 3 amide bonds. The summed E-state index contributed by atoms with van der Waals surface area (Å²) in [5.74, 6) is -1.99. The summed E-state index contributed by atoms with van der Waals surface area (Å²) in [4.78, 5) is 33.3. The highest BCUT2D eigenvalue weighted by Gasteiger charge is 2.18. The maximum absolute atomic E-state index is 11.4. The Hall–Kier alpha value is -2.05. The standard InChI is InChI=1S/C9H15N3O4/c1-6(2)3-11-9(16)12(4-7(10)13)5-8(14)15/h1,3-5H2,2H3,(H2,10,13)(H,11,16)(H,14,15). The lowest BCUT2D eigenvalue weighted by Crippen LogP contribution is -2.46. The number of aliphatic carboxylic acids is 1. The van der Waals surface area contributed by atoms with Crippen molar-refractivity contribution in [1.29, 1.82) is 0 Å². The lowest BCUT2D eigenvalue weighted by Gasteiger charge is -2.19. The number of carbonyl (C=O) groups excluding carboxylic acids is 2. The number of carboxylic acids is 1. The molecule has 90 valence electrons. The van der Waals surface area contributed by atoms with Crippen molar-refractivity contribution in [2.45, 2.75) is 6.92 Å². The molecule has 4 N–H and O–H groups in total. The average Bonchev–Trinajstić information content (AvgIpc) is 2.11. The first-order valence-corrected chi connectivity index (χ1v) is 4.50. The molecule has 0 bridgehead atoms. The molecule has 0 spiro atoms. The van der Waals surface area contributed by atoms with Crippen molar-refractivity contribution in [1.82, 2.24) is 10.2 Å². The van der Waals surface area contributed by atoms with Crippen LogP contribution in [0.2, 0.25) is 0 Å². The molecule has 0 aromatic carbocycles. The monoisotopic (exact) mass is 229 g/mol. The third-order valence-electron chi connectivity index (χ3n) is 1.50. The first-order valence-electron chi connectivity index (χ1n) is 4.50. The second-order valence-corrected chi connectivity index (χ2v) is 3.33. The number of nitrogens with two attached hydrogens (primary N) is 1. The second-order valence-electron chi connectivity index (χ2n) is 3.33. The Balaban J connectivity index is 4.36. The number of amides is 3. The Bertz CT molecular complexity index is 298. The van der Waals surface area contributed by atoms with E-state index in [0.29, 0.717) is 5.57 Å². The summed E-state index contributed by atoms with van der Waals surface area (Å²) < 4.78 is 0. The van der Waals surface area contributed by atoms with Gasteiger partial charge >= 0.3 is 12.0 Å². The minimum atomic E-state index is -1.22. The minimum Gasteiger partial charge on any atom is -0.480 e. The normalized spacial score (nSPS) is 9.31. The molecule has 0 aliphatic carbocycles. The predicted molar refractivity (Wildman–Crippen MR) is 56.6 cm³/mol. The lowest BCUT2D eigenvalue weighted by atomic mass is 10.3. The van der Waals surface area contributed by atoms with Gasteiger partial charge in [0.2, 0.25) is 5.91 Å². The lowest BCUT2D eigenvalue weighted by molar-refractivity contribution is -0.137. The fourth-order valence-corrected chi connectivity index (χ4v) is 0.889. The van der Waals surface area contributed by atoms with Crippen molar-refractivity contribution in [2.75, 3.05) is 19.6 Å². The molecule has 0 saturated heterocycles.